The van der Waals surface area contributed by atoms with Crippen molar-refractivity contribution in [3.8, 4) is 5.75 Å². The zero-order valence-electron chi connectivity index (χ0n) is 11.8. The lowest BCUT2D eigenvalue weighted by Gasteiger charge is -2.20. The molecule has 0 atom stereocenters. The van der Waals surface area contributed by atoms with E-state index in [1.807, 2.05) is 36.2 Å². The fourth-order valence-electron chi connectivity index (χ4n) is 2.02. The number of hydrogen-bond acceptors (Lipinski definition) is 3. The van der Waals surface area contributed by atoms with Crippen LogP contribution < -0.4 is 9.64 Å². The molecule has 0 aliphatic carbocycles. The van der Waals surface area contributed by atoms with Gasteiger partial charge in [-0.25, -0.2) is 9.18 Å². The van der Waals surface area contributed by atoms with Crippen molar-refractivity contribution in [2.75, 3.05) is 19.1 Å². The molecule has 0 aliphatic heterocycles. The number of anilines is 1. The summed E-state index contributed by atoms with van der Waals surface area (Å²) in [6.45, 7) is 0.264. The number of nitrogens with zero attached hydrogens (tertiary/aromatic N) is 1. The maximum Gasteiger partial charge on any atom is 0.335 e. The predicted octanol–water partition coefficient (Wildman–Crippen LogP) is 3.17. The largest absolute Gasteiger partial charge is 0.497 e. The third kappa shape index (κ3) is 3.51. The lowest BCUT2D eigenvalue weighted by atomic mass is 10.1. The molecule has 0 aromatic heterocycles. The number of carboxylic acid groups (broad SMARTS) is 1. The van der Waals surface area contributed by atoms with Gasteiger partial charge in [0.05, 0.1) is 12.7 Å². The van der Waals surface area contributed by atoms with Crippen molar-refractivity contribution in [3.05, 3.63) is 59.4 Å². The lowest BCUT2D eigenvalue weighted by molar-refractivity contribution is 0.0696. The number of carboxylic acids is 1. The fraction of sp³-hybridized carbons (Fsp3) is 0.188. The van der Waals surface area contributed by atoms with E-state index in [0.29, 0.717) is 11.3 Å². The molecule has 2 aromatic rings. The molecule has 0 saturated carbocycles. The average Bonchev–Trinajstić information content (AvgIpc) is 2.49. The highest BCUT2D eigenvalue weighted by atomic mass is 19.1. The average molecular weight is 289 g/mol. The summed E-state index contributed by atoms with van der Waals surface area (Å²) in [6, 6.07) is 11.2. The van der Waals surface area contributed by atoms with E-state index >= 15 is 0 Å². The molecule has 2 aromatic carbocycles. The van der Waals surface area contributed by atoms with E-state index in [4.69, 9.17) is 9.84 Å². The second kappa shape index (κ2) is 6.26. The van der Waals surface area contributed by atoms with Gasteiger partial charge in [-0.1, -0.05) is 6.07 Å². The summed E-state index contributed by atoms with van der Waals surface area (Å²) in [6.07, 6.45) is 0. The summed E-state index contributed by atoms with van der Waals surface area (Å²) >= 11 is 0. The Balaban J connectivity index is 2.24. The van der Waals surface area contributed by atoms with Crippen LogP contribution in [-0.2, 0) is 6.54 Å². The highest BCUT2D eigenvalue weighted by Crippen LogP contribution is 2.22. The molecule has 0 aliphatic rings. The number of carbonyl (C=O) groups is 1. The van der Waals surface area contributed by atoms with Crippen molar-refractivity contribution < 1.29 is 19.0 Å². The first-order chi connectivity index (χ1) is 10.0. The maximum atomic E-state index is 13.8. The smallest absolute Gasteiger partial charge is 0.335 e. The molecule has 0 unspecified atom stereocenters. The van der Waals surface area contributed by atoms with E-state index in [-0.39, 0.29) is 12.1 Å². The van der Waals surface area contributed by atoms with Gasteiger partial charge in [-0.2, -0.15) is 0 Å². The first-order valence-electron chi connectivity index (χ1n) is 6.38. The maximum absolute atomic E-state index is 13.8. The summed E-state index contributed by atoms with van der Waals surface area (Å²) in [7, 11) is 3.39. The molecule has 0 saturated heterocycles. The minimum atomic E-state index is -1.07. The van der Waals surface area contributed by atoms with Crippen LogP contribution in [0.25, 0.3) is 0 Å². The minimum absolute atomic E-state index is 0.0745. The molecular weight excluding hydrogens is 273 g/mol. The fourth-order valence-corrected chi connectivity index (χ4v) is 2.02. The van der Waals surface area contributed by atoms with E-state index in [1.54, 1.807) is 7.11 Å². The van der Waals surface area contributed by atoms with Crippen LogP contribution in [-0.4, -0.2) is 25.2 Å². The summed E-state index contributed by atoms with van der Waals surface area (Å²) < 4.78 is 19.0. The summed E-state index contributed by atoms with van der Waals surface area (Å²) in [5, 5.41) is 8.97. The Morgan fingerprint density at radius 3 is 2.71 bits per heavy atom. The van der Waals surface area contributed by atoms with E-state index in [1.165, 1.54) is 18.2 Å². The second-order valence-electron chi connectivity index (χ2n) is 4.67. The van der Waals surface area contributed by atoms with E-state index in [0.717, 1.165) is 5.69 Å². The zero-order chi connectivity index (χ0) is 15.4. The van der Waals surface area contributed by atoms with Gasteiger partial charge in [0.1, 0.15) is 11.6 Å². The monoisotopic (exact) mass is 289 g/mol. The molecule has 0 bridgehead atoms. The normalized spacial score (nSPS) is 10.2. The third-order valence-corrected chi connectivity index (χ3v) is 3.19. The Morgan fingerprint density at radius 2 is 2.05 bits per heavy atom. The summed E-state index contributed by atoms with van der Waals surface area (Å²) in [5.74, 6) is -0.783. The number of ether oxygens (including phenoxy) is 1. The third-order valence-electron chi connectivity index (χ3n) is 3.19. The topological polar surface area (TPSA) is 49.8 Å². The predicted molar refractivity (Wildman–Crippen MR) is 78.5 cm³/mol. The van der Waals surface area contributed by atoms with Crippen LogP contribution in [0.3, 0.4) is 0 Å². The molecule has 2 rings (SSSR count). The number of methoxy groups -OCH3 is 1. The molecule has 0 spiro atoms. The molecule has 1 N–H and O–H groups in total. The number of hydrogen-bond donors (Lipinski definition) is 1. The Kier molecular flexibility index (Phi) is 4.42. The van der Waals surface area contributed by atoms with E-state index < -0.39 is 11.8 Å². The van der Waals surface area contributed by atoms with Gasteiger partial charge in [-0.05, 0) is 30.3 Å². The second-order valence-corrected chi connectivity index (χ2v) is 4.67. The Bertz CT molecular complexity index is 658. The van der Waals surface area contributed by atoms with Crippen molar-refractivity contribution >= 4 is 11.7 Å². The van der Waals surface area contributed by atoms with Gasteiger partial charge in [0, 0.05) is 30.9 Å². The van der Waals surface area contributed by atoms with Gasteiger partial charge in [-0.3, -0.25) is 0 Å². The van der Waals surface area contributed by atoms with E-state index in [9.17, 15) is 9.18 Å². The molecular formula is C16H16FNO3. The minimum Gasteiger partial charge on any atom is -0.497 e. The Morgan fingerprint density at radius 1 is 1.29 bits per heavy atom. The van der Waals surface area contributed by atoms with Gasteiger partial charge in [-0.15, -0.1) is 0 Å². The Labute approximate surface area is 122 Å². The van der Waals surface area contributed by atoms with Crippen molar-refractivity contribution in [3.63, 3.8) is 0 Å². The summed E-state index contributed by atoms with van der Waals surface area (Å²) in [4.78, 5) is 12.8. The first kappa shape index (κ1) is 14.8. The lowest BCUT2D eigenvalue weighted by Crippen LogP contribution is -2.17. The molecule has 21 heavy (non-hydrogen) atoms. The van der Waals surface area contributed by atoms with E-state index in [2.05, 4.69) is 0 Å². The highest BCUT2D eigenvalue weighted by Gasteiger charge is 2.11. The van der Waals surface area contributed by atoms with Crippen molar-refractivity contribution in [1.82, 2.24) is 0 Å². The van der Waals surface area contributed by atoms with Crippen LogP contribution in [0.5, 0.6) is 5.75 Å². The standard InChI is InChI=1S/C16H16FNO3/c1-18(13-4-3-5-14(9-13)21-2)10-12-8-11(16(19)20)6-7-15(12)17/h3-9H,10H2,1-2H3,(H,19,20). The van der Waals surface area contributed by atoms with Crippen LogP contribution in [0.1, 0.15) is 15.9 Å². The van der Waals surface area contributed by atoms with Crippen molar-refractivity contribution in [1.29, 1.82) is 0 Å². The molecule has 5 heteroatoms. The van der Waals surface area contributed by atoms with Crippen LogP contribution in [0, 0.1) is 5.82 Å². The van der Waals surface area contributed by atoms with Crippen LogP contribution in [0.15, 0.2) is 42.5 Å². The molecule has 0 amide bonds. The van der Waals surface area contributed by atoms with Gasteiger partial charge >= 0.3 is 5.97 Å². The molecule has 0 fully saturated rings. The SMILES string of the molecule is COc1cccc(N(C)Cc2cc(C(=O)O)ccc2F)c1. The van der Waals surface area contributed by atoms with Crippen LogP contribution in [0.2, 0.25) is 0 Å². The molecule has 110 valence electrons. The van der Waals surface area contributed by atoms with Gasteiger partial charge in [0.25, 0.3) is 0 Å². The summed E-state index contributed by atoms with van der Waals surface area (Å²) in [5.41, 5.74) is 1.26. The number of rotatable bonds is 5. The van der Waals surface area contributed by atoms with Crippen LogP contribution >= 0.6 is 0 Å². The number of halogens is 1. The van der Waals surface area contributed by atoms with Crippen molar-refractivity contribution in [2.24, 2.45) is 0 Å². The molecule has 0 radical (unpaired) electrons. The number of benzene rings is 2. The van der Waals surface area contributed by atoms with Gasteiger partial charge in [0.15, 0.2) is 0 Å². The quantitative estimate of drug-likeness (QED) is 0.918. The van der Waals surface area contributed by atoms with Crippen molar-refractivity contribution in [2.45, 2.75) is 6.54 Å². The van der Waals surface area contributed by atoms with Gasteiger partial charge < -0.3 is 14.7 Å². The highest BCUT2D eigenvalue weighted by molar-refractivity contribution is 5.87. The number of aromatic carboxylic acids is 1. The van der Waals surface area contributed by atoms with Gasteiger partial charge in [0.2, 0.25) is 0 Å². The Hall–Kier alpha value is -2.56. The molecule has 0 heterocycles. The molecule has 4 nitrogen and oxygen atoms in total. The van der Waals surface area contributed by atoms with Crippen LogP contribution in [0.4, 0.5) is 10.1 Å². The first-order valence-corrected chi connectivity index (χ1v) is 6.38. The zero-order valence-corrected chi connectivity index (χ0v) is 11.8.